The summed E-state index contributed by atoms with van der Waals surface area (Å²) in [5, 5.41) is 3.13. The first-order valence-electron chi connectivity index (χ1n) is 9.52. The molecule has 4 nitrogen and oxygen atoms in total. The Balaban J connectivity index is 0.00000196. The van der Waals surface area contributed by atoms with Crippen molar-refractivity contribution in [2.24, 2.45) is 11.7 Å². The molecule has 1 fully saturated rings. The summed E-state index contributed by atoms with van der Waals surface area (Å²) in [6.07, 6.45) is 2.51. The Hall–Kier alpha value is -1.75. The van der Waals surface area contributed by atoms with E-state index in [1.54, 1.807) is 0 Å². The Kier molecular flexibility index (Phi) is 9.80. The second kappa shape index (κ2) is 11.3. The molecule has 0 bridgehead atoms. The molecular weight excluding hydrogens is 393 g/mol. The quantitative estimate of drug-likeness (QED) is 0.710. The number of rotatable bonds is 6. The van der Waals surface area contributed by atoms with Gasteiger partial charge in [0, 0.05) is 24.8 Å². The van der Waals surface area contributed by atoms with Gasteiger partial charge in [0.05, 0.1) is 12.0 Å². The van der Waals surface area contributed by atoms with Crippen molar-refractivity contribution in [2.45, 2.75) is 38.8 Å². The number of nitrogens with zero attached hydrogens (tertiary/aromatic N) is 1. The van der Waals surface area contributed by atoms with Crippen LogP contribution in [-0.2, 0) is 4.79 Å². The van der Waals surface area contributed by atoms with E-state index in [9.17, 15) is 4.79 Å². The normalized spacial score (nSPS) is 16.3. The number of nitrogens with two attached hydrogens (primary N) is 1. The monoisotopic (exact) mass is 423 g/mol. The van der Waals surface area contributed by atoms with Crippen LogP contribution in [0.15, 0.2) is 54.6 Å². The van der Waals surface area contributed by atoms with Gasteiger partial charge in [-0.05, 0) is 43.0 Å². The zero-order valence-corrected chi connectivity index (χ0v) is 18.1. The highest BCUT2D eigenvalue weighted by Gasteiger charge is 2.23. The van der Waals surface area contributed by atoms with Crippen molar-refractivity contribution in [3.8, 4) is 0 Å². The summed E-state index contributed by atoms with van der Waals surface area (Å²) in [5.41, 5.74) is 9.65. The van der Waals surface area contributed by atoms with E-state index in [0.717, 1.165) is 24.2 Å². The summed E-state index contributed by atoms with van der Waals surface area (Å²) in [4.78, 5) is 15.1. The Morgan fingerprint density at radius 3 is 2.21 bits per heavy atom. The standard InChI is InChI=1S/C22H29N3O.2ClH/c1-16(21(23)18-9-4-3-5-10-18)22(26)24-17(2)19-11-8-12-20(15-19)25-13-6-7-14-25;;/h3-5,8-12,15-17,21H,6-7,13-14,23H2,1-2H3,(H,24,26);2*1H. The van der Waals surface area contributed by atoms with Gasteiger partial charge < -0.3 is 16.0 Å². The summed E-state index contributed by atoms with van der Waals surface area (Å²) in [7, 11) is 0. The van der Waals surface area contributed by atoms with Gasteiger partial charge in [-0.25, -0.2) is 0 Å². The molecule has 154 valence electrons. The van der Waals surface area contributed by atoms with Crippen LogP contribution in [-0.4, -0.2) is 19.0 Å². The zero-order chi connectivity index (χ0) is 18.5. The minimum Gasteiger partial charge on any atom is -0.372 e. The maximum Gasteiger partial charge on any atom is 0.225 e. The van der Waals surface area contributed by atoms with Crippen LogP contribution < -0.4 is 16.0 Å². The number of anilines is 1. The van der Waals surface area contributed by atoms with Gasteiger partial charge in [-0.2, -0.15) is 0 Å². The predicted molar refractivity (Wildman–Crippen MR) is 121 cm³/mol. The van der Waals surface area contributed by atoms with Gasteiger partial charge in [-0.1, -0.05) is 49.4 Å². The number of amides is 1. The van der Waals surface area contributed by atoms with Crippen molar-refractivity contribution in [3.05, 3.63) is 65.7 Å². The fourth-order valence-electron chi connectivity index (χ4n) is 3.52. The Labute approximate surface area is 180 Å². The van der Waals surface area contributed by atoms with Crippen molar-refractivity contribution >= 4 is 36.4 Å². The molecule has 6 heteroatoms. The lowest BCUT2D eigenvalue weighted by Gasteiger charge is -2.24. The lowest BCUT2D eigenvalue weighted by atomic mass is 9.94. The highest BCUT2D eigenvalue weighted by molar-refractivity contribution is 5.85. The third-order valence-corrected chi connectivity index (χ3v) is 5.34. The van der Waals surface area contributed by atoms with Crippen LogP contribution in [0.1, 0.15) is 49.9 Å². The molecule has 0 aromatic heterocycles. The minimum absolute atomic E-state index is 0. The number of carbonyl (C=O) groups is 1. The number of benzene rings is 2. The summed E-state index contributed by atoms with van der Waals surface area (Å²) in [6, 6.07) is 17.9. The molecule has 1 saturated heterocycles. The van der Waals surface area contributed by atoms with Gasteiger partial charge >= 0.3 is 0 Å². The Morgan fingerprint density at radius 1 is 0.964 bits per heavy atom. The largest absolute Gasteiger partial charge is 0.372 e. The van der Waals surface area contributed by atoms with E-state index in [2.05, 4.69) is 34.5 Å². The first-order chi connectivity index (χ1) is 12.6. The van der Waals surface area contributed by atoms with Crippen LogP contribution in [0.5, 0.6) is 0 Å². The van der Waals surface area contributed by atoms with Gasteiger partial charge in [0.1, 0.15) is 0 Å². The first-order valence-corrected chi connectivity index (χ1v) is 9.52. The van der Waals surface area contributed by atoms with Gasteiger partial charge in [0.2, 0.25) is 5.91 Å². The van der Waals surface area contributed by atoms with Crippen LogP contribution in [0.4, 0.5) is 5.69 Å². The smallest absolute Gasteiger partial charge is 0.225 e. The molecule has 0 aliphatic carbocycles. The van der Waals surface area contributed by atoms with E-state index in [-0.39, 0.29) is 48.7 Å². The lowest BCUT2D eigenvalue weighted by molar-refractivity contribution is -0.125. The second-order valence-corrected chi connectivity index (χ2v) is 7.24. The molecule has 0 spiro atoms. The van der Waals surface area contributed by atoms with Crippen molar-refractivity contribution in [1.29, 1.82) is 0 Å². The molecule has 1 aliphatic heterocycles. The van der Waals surface area contributed by atoms with Crippen LogP contribution >= 0.6 is 24.8 Å². The topological polar surface area (TPSA) is 58.4 Å². The fraction of sp³-hybridized carbons (Fsp3) is 0.409. The first kappa shape index (κ1) is 24.3. The van der Waals surface area contributed by atoms with E-state index < -0.39 is 0 Å². The Morgan fingerprint density at radius 2 is 1.57 bits per heavy atom. The summed E-state index contributed by atoms with van der Waals surface area (Å²) < 4.78 is 0. The lowest BCUT2D eigenvalue weighted by Crippen LogP contribution is -2.37. The molecule has 2 aromatic carbocycles. The molecule has 1 heterocycles. The number of nitrogens with one attached hydrogen (secondary N) is 1. The average Bonchev–Trinajstić information content (AvgIpc) is 3.22. The fourth-order valence-corrected chi connectivity index (χ4v) is 3.52. The number of hydrogen-bond acceptors (Lipinski definition) is 3. The predicted octanol–water partition coefficient (Wildman–Crippen LogP) is 4.64. The molecule has 2 aromatic rings. The van der Waals surface area contributed by atoms with Gasteiger partial charge in [0.25, 0.3) is 0 Å². The summed E-state index contributed by atoms with van der Waals surface area (Å²) in [6.45, 7) is 6.16. The molecule has 3 atom stereocenters. The number of carbonyl (C=O) groups excluding carboxylic acids is 1. The average molecular weight is 424 g/mol. The molecule has 28 heavy (non-hydrogen) atoms. The number of hydrogen-bond donors (Lipinski definition) is 2. The van der Waals surface area contributed by atoms with Crippen LogP contribution in [0.3, 0.4) is 0 Å². The highest BCUT2D eigenvalue weighted by Crippen LogP contribution is 2.25. The summed E-state index contributed by atoms with van der Waals surface area (Å²) >= 11 is 0. The Bertz CT molecular complexity index is 736. The van der Waals surface area contributed by atoms with Gasteiger partial charge in [-0.15, -0.1) is 24.8 Å². The van der Waals surface area contributed by atoms with Crippen LogP contribution in [0.25, 0.3) is 0 Å². The summed E-state index contributed by atoms with van der Waals surface area (Å²) in [5.74, 6) is -0.304. The molecule has 3 unspecified atom stereocenters. The van der Waals surface area contributed by atoms with Crippen LogP contribution in [0, 0.1) is 5.92 Å². The molecule has 1 aliphatic rings. The zero-order valence-electron chi connectivity index (χ0n) is 16.5. The minimum atomic E-state index is -0.306. The van der Waals surface area contributed by atoms with E-state index in [4.69, 9.17) is 5.73 Å². The molecule has 3 rings (SSSR count). The number of halogens is 2. The van der Waals surface area contributed by atoms with Gasteiger partial charge in [0.15, 0.2) is 0 Å². The van der Waals surface area contributed by atoms with Crippen molar-refractivity contribution in [2.75, 3.05) is 18.0 Å². The van der Waals surface area contributed by atoms with Crippen LogP contribution in [0.2, 0.25) is 0 Å². The third kappa shape index (κ3) is 5.87. The van der Waals surface area contributed by atoms with Gasteiger partial charge in [-0.3, -0.25) is 4.79 Å². The third-order valence-electron chi connectivity index (χ3n) is 5.34. The van der Waals surface area contributed by atoms with E-state index in [0.29, 0.717) is 0 Å². The molecule has 0 saturated carbocycles. The molecule has 1 amide bonds. The second-order valence-electron chi connectivity index (χ2n) is 7.24. The molecule has 0 radical (unpaired) electrons. The van der Waals surface area contributed by atoms with E-state index in [1.807, 2.05) is 44.2 Å². The van der Waals surface area contributed by atoms with E-state index >= 15 is 0 Å². The molecule has 3 N–H and O–H groups in total. The maximum absolute atomic E-state index is 12.7. The molecular formula is C22H31Cl2N3O. The van der Waals surface area contributed by atoms with Crippen molar-refractivity contribution in [3.63, 3.8) is 0 Å². The van der Waals surface area contributed by atoms with Crippen molar-refractivity contribution in [1.82, 2.24) is 5.32 Å². The SMILES string of the molecule is CC(NC(=O)C(C)C(N)c1ccccc1)c1cccc(N2CCCC2)c1.Cl.Cl. The van der Waals surface area contributed by atoms with E-state index in [1.165, 1.54) is 18.5 Å². The van der Waals surface area contributed by atoms with Crippen molar-refractivity contribution < 1.29 is 4.79 Å². The highest BCUT2D eigenvalue weighted by atomic mass is 35.5. The maximum atomic E-state index is 12.7.